The predicted octanol–water partition coefficient (Wildman–Crippen LogP) is -0.881. The summed E-state index contributed by atoms with van der Waals surface area (Å²) in [5, 5.41) is 18.7. The fourth-order valence-corrected chi connectivity index (χ4v) is 2.09. The van der Waals surface area contributed by atoms with Gasteiger partial charge in [0, 0.05) is 19.7 Å². The van der Waals surface area contributed by atoms with Gasteiger partial charge >= 0.3 is 0 Å². The molecule has 2 aliphatic rings. The first-order valence-corrected chi connectivity index (χ1v) is 5.45. The summed E-state index contributed by atoms with van der Waals surface area (Å²) in [5.74, 6) is -0.0923. The number of nitrogens with zero attached hydrogens (tertiary/aromatic N) is 1. The summed E-state index contributed by atoms with van der Waals surface area (Å²) >= 11 is 0. The molecule has 0 bridgehead atoms. The van der Waals surface area contributed by atoms with Gasteiger partial charge in [-0.2, -0.15) is 0 Å². The molecule has 0 aliphatic carbocycles. The van der Waals surface area contributed by atoms with Gasteiger partial charge in [0.25, 0.3) is 5.91 Å². The van der Waals surface area contributed by atoms with E-state index in [2.05, 4.69) is 0 Å². The second-order valence-corrected chi connectivity index (χ2v) is 4.23. The Bertz CT molecular complexity index is 230. The van der Waals surface area contributed by atoms with Crippen molar-refractivity contribution < 1.29 is 19.7 Å². The van der Waals surface area contributed by atoms with Crippen molar-refractivity contribution in [3.8, 4) is 0 Å². The van der Waals surface area contributed by atoms with E-state index < -0.39 is 12.2 Å². The molecule has 0 aromatic carbocycles. The van der Waals surface area contributed by atoms with Gasteiger partial charge < -0.3 is 19.8 Å². The second kappa shape index (κ2) is 4.47. The Kier molecular flexibility index (Phi) is 3.23. The van der Waals surface area contributed by atoms with Crippen molar-refractivity contribution in [1.82, 2.24) is 4.90 Å². The Hall–Kier alpha value is -0.650. The molecule has 2 rings (SSSR count). The second-order valence-electron chi connectivity index (χ2n) is 4.23. The predicted molar refractivity (Wildman–Crippen MR) is 52.2 cm³/mol. The Morgan fingerprint density at radius 3 is 2.40 bits per heavy atom. The number of β-amino-alcohol motifs (C(OH)–C–C–N with tert-alkyl or cyclic N) is 2. The van der Waals surface area contributed by atoms with Gasteiger partial charge in [-0.25, -0.2) is 0 Å². The molecule has 86 valence electrons. The fraction of sp³-hybridized carbons (Fsp3) is 0.900. The molecule has 2 aliphatic heterocycles. The lowest BCUT2D eigenvalue weighted by molar-refractivity contribution is -0.145. The van der Waals surface area contributed by atoms with Crippen LogP contribution in [0.4, 0.5) is 0 Å². The van der Waals surface area contributed by atoms with E-state index >= 15 is 0 Å². The first-order valence-electron chi connectivity index (χ1n) is 5.45. The molecule has 0 radical (unpaired) electrons. The summed E-state index contributed by atoms with van der Waals surface area (Å²) < 4.78 is 5.37. The lowest BCUT2D eigenvalue weighted by atomic mass is 10.1. The quantitative estimate of drug-likeness (QED) is 0.596. The van der Waals surface area contributed by atoms with Crippen LogP contribution in [0.2, 0.25) is 0 Å². The van der Waals surface area contributed by atoms with Crippen LogP contribution in [0.3, 0.4) is 0 Å². The molecule has 3 unspecified atom stereocenters. The zero-order valence-electron chi connectivity index (χ0n) is 8.63. The van der Waals surface area contributed by atoms with Gasteiger partial charge in [0.1, 0.15) is 6.10 Å². The van der Waals surface area contributed by atoms with Gasteiger partial charge in [0.05, 0.1) is 12.2 Å². The van der Waals surface area contributed by atoms with E-state index in [1.165, 1.54) is 4.90 Å². The number of hydrogen-bond donors (Lipinski definition) is 2. The third kappa shape index (κ3) is 2.30. The van der Waals surface area contributed by atoms with Crippen molar-refractivity contribution in [2.45, 2.75) is 37.6 Å². The molecule has 5 heteroatoms. The first-order chi connectivity index (χ1) is 7.18. The molecule has 1 amide bonds. The Morgan fingerprint density at radius 2 is 1.87 bits per heavy atom. The first kappa shape index (κ1) is 10.9. The molecule has 3 atom stereocenters. The molecule has 0 aromatic heterocycles. The monoisotopic (exact) mass is 215 g/mol. The molecule has 5 nitrogen and oxygen atoms in total. The molecular formula is C10H17NO4. The van der Waals surface area contributed by atoms with Gasteiger partial charge in [-0.05, 0) is 19.3 Å². The molecule has 0 spiro atoms. The number of amides is 1. The van der Waals surface area contributed by atoms with Crippen LogP contribution in [0, 0.1) is 0 Å². The maximum absolute atomic E-state index is 11.9. The summed E-state index contributed by atoms with van der Waals surface area (Å²) in [4.78, 5) is 13.4. The van der Waals surface area contributed by atoms with Crippen molar-refractivity contribution in [1.29, 1.82) is 0 Å². The van der Waals surface area contributed by atoms with Crippen LogP contribution in [0.25, 0.3) is 0 Å². The van der Waals surface area contributed by atoms with E-state index in [0.29, 0.717) is 6.61 Å². The molecule has 0 aromatic rings. The fourth-order valence-electron chi connectivity index (χ4n) is 2.09. The highest BCUT2D eigenvalue weighted by Crippen LogP contribution is 2.18. The van der Waals surface area contributed by atoms with Crippen LogP contribution in [-0.4, -0.2) is 59.0 Å². The third-order valence-electron chi connectivity index (χ3n) is 3.03. The van der Waals surface area contributed by atoms with Crippen molar-refractivity contribution in [3.05, 3.63) is 0 Å². The molecule has 0 saturated carbocycles. The number of ether oxygens (including phenoxy) is 1. The van der Waals surface area contributed by atoms with Gasteiger partial charge in [0.15, 0.2) is 0 Å². The lowest BCUT2D eigenvalue weighted by Gasteiger charge is -2.26. The molecule has 2 fully saturated rings. The van der Waals surface area contributed by atoms with E-state index in [1.807, 2.05) is 0 Å². The van der Waals surface area contributed by atoms with Crippen molar-refractivity contribution in [2.24, 2.45) is 0 Å². The van der Waals surface area contributed by atoms with Gasteiger partial charge in [-0.1, -0.05) is 0 Å². The van der Waals surface area contributed by atoms with E-state index in [1.54, 1.807) is 0 Å². The standard InChI is InChI=1S/C10H17NO4/c12-7-5-11(6-8(7)13)10(14)9-3-1-2-4-15-9/h7-9,12-13H,1-6H2. The molecular weight excluding hydrogens is 198 g/mol. The summed E-state index contributed by atoms with van der Waals surface area (Å²) in [5.41, 5.74) is 0. The minimum absolute atomic E-state index is 0.0923. The maximum Gasteiger partial charge on any atom is 0.251 e. The van der Waals surface area contributed by atoms with Gasteiger partial charge in [0.2, 0.25) is 0 Å². The van der Waals surface area contributed by atoms with Crippen molar-refractivity contribution >= 4 is 5.91 Å². The SMILES string of the molecule is O=C(C1CCCCO1)N1CC(O)C(O)C1. The van der Waals surface area contributed by atoms with E-state index in [9.17, 15) is 15.0 Å². The Morgan fingerprint density at radius 1 is 1.20 bits per heavy atom. The number of rotatable bonds is 1. The van der Waals surface area contributed by atoms with Crippen LogP contribution in [0.15, 0.2) is 0 Å². The number of carbonyl (C=O) groups excluding carboxylic acids is 1. The minimum Gasteiger partial charge on any atom is -0.388 e. The van der Waals surface area contributed by atoms with E-state index in [0.717, 1.165) is 19.3 Å². The average molecular weight is 215 g/mol. The molecule has 15 heavy (non-hydrogen) atoms. The normalized spacial score (nSPS) is 36.9. The van der Waals surface area contributed by atoms with Crippen LogP contribution in [0.5, 0.6) is 0 Å². The zero-order chi connectivity index (χ0) is 10.8. The van der Waals surface area contributed by atoms with Crippen molar-refractivity contribution in [2.75, 3.05) is 19.7 Å². The average Bonchev–Trinajstić information content (AvgIpc) is 2.59. The third-order valence-corrected chi connectivity index (χ3v) is 3.03. The summed E-state index contributed by atoms with van der Waals surface area (Å²) in [6.45, 7) is 1.08. The molecule has 2 heterocycles. The smallest absolute Gasteiger partial charge is 0.251 e. The van der Waals surface area contributed by atoms with Crippen molar-refractivity contribution in [3.63, 3.8) is 0 Å². The van der Waals surface area contributed by atoms with Crippen LogP contribution in [-0.2, 0) is 9.53 Å². The molecule has 2 saturated heterocycles. The number of carbonyl (C=O) groups is 1. The highest BCUT2D eigenvalue weighted by Gasteiger charge is 2.36. The lowest BCUT2D eigenvalue weighted by Crippen LogP contribution is -2.41. The van der Waals surface area contributed by atoms with Crippen LogP contribution < -0.4 is 0 Å². The zero-order valence-corrected chi connectivity index (χ0v) is 8.63. The summed E-state index contributed by atoms with van der Waals surface area (Å²) in [7, 11) is 0. The number of likely N-dealkylation sites (tertiary alicyclic amines) is 1. The Balaban J connectivity index is 1.90. The van der Waals surface area contributed by atoms with Gasteiger partial charge in [-0.15, -0.1) is 0 Å². The number of aliphatic hydroxyl groups is 2. The Labute approximate surface area is 88.6 Å². The summed E-state index contributed by atoms with van der Waals surface area (Å²) in [6.07, 6.45) is 0.790. The van der Waals surface area contributed by atoms with Crippen LogP contribution >= 0.6 is 0 Å². The summed E-state index contributed by atoms with van der Waals surface area (Å²) in [6, 6.07) is 0. The van der Waals surface area contributed by atoms with E-state index in [4.69, 9.17) is 4.74 Å². The highest BCUT2D eigenvalue weighted by molar-refractivity contribution is 5.81. The topological polar surface area (TPSA) is 70.0 Å². The van der Waals surface area contributed by atoms with Crippen LogP contribution in [0.1, 0.15) is 19.3 Å². The maximum atomic E-state index is 11.9. The largest absolute Gasteiger partial charge is 0.388 e. The minimum atomic E-state index is -0.808. The molecule has 2 N–H and O–H groups in total. The van der Waals surface area contributed by atoms with Gasteiger partial charge in [-0.3, -0.25) is 4.79 Å². The number of aliphatic hydroxyl groups excluding tert-OH is 2. The highest BCUT2D eigenvalue weighted by atomic mass is 16.5. The number of hydrogen-bond acceptors (Lipinski definition) is 4. The van der Waals surface area contributed by atoms with E-state index in [-0.39, 0.29) is 25.1 Å².